The maximum Gasteiger partial charge on any atom is 0.416 e. The minimum Gasteiger partial charge on any atom is -0.481 e. The van der Waals surface area contributed by atoms with Gasteiger partial charge in [-0.25, -0.2) is 4.68 Å². The molecule has 0 aliphatic heterocycles. The molecule has 8 heteroatoms. The number of benzene rings is 1. The molecule has 0 radical (unpaired) electrons. The van der Waals surface area contributed by atoms with Crippen LogP contribution >= 0.6 is 0 Å². The van der Waals surface area contributed by atoms with Crippen LogP contribution in [-0.4, -0.2) is 27.4 Å². The fourth-order valence-corrected chi connectivity index (χ4v) is 2.14. The lowest BCUT2D eigenvalue weighted by Crippen LogP contribution is -2.28. The molecule has 0 amide bonds. The van der Waals surface area contributed by atoms with E-state index in [1.54, 1.807) is 26.2 Å². The summed E-state index contributed by atoms with van der Waals surface area (Å²) in [5.74, 6) is -0.843. The predicted octanol–water partition coefficient (Wildman–Crippen LogP) is 3.48. The molecule has 2 N–H and O–H groups in total. The number of carboxylic acid groups (broad SMARTS) is 1. The predicted molar refractivity (Wildman–Crippen MR) is 86.3 cm³/mol. The van der Waals surface area contributed by atoms with E-state index in [0.29, 0.717) is 25.2 Å². The van der Waals surface area contributed by atoms with E-state index in [9.17, 15) is 18.0 Å². The van der Waals surface area contributed by atoms with E-state index < -0.39 is 23.1 Å². The summed E-state index contributed by atoms with van der Waals surface area (Å²) in [7, 11) is 0. The Morgan fingerprint density at radius 2 is 1.88 bits per heavy atom. The number of carboxylic acids is 1. The van der Waals surface area contributed by atoms with Gasteiger partial charge in [-0.3, -0.25) is 4.79 Å². The van der Waals surface area contributed by atoms with Crippen LogP contribution in [0.3, 0.4) is 0 Å². The molecule has 136 valence electrons. The van der Waals surface area contributed by atoms with Crippen LogP contribution in [0.4, 0.5) is 13.2 Å². The van der Waals surface area contributed by atoms with Crippen molar-refractivity contribution >= 4 is 5.97 Å². The third-order valence-electron chi connectivity index (χ3n) is 3.93. The van der Waals surface area contributed by atoms with Crippen molar-refractivity contribution in [3.8, 4) is 5.69 Å². The Labute approximate surface area is 143 Å². The van der Waals surface area contributed by atoms with Crippen LogP contribution in [0, 0.1) is 5.41 Å². The van der Waals surface area contributed by atoms with E-state index in [4.69, 9.17) is 5.11 Å². The summed E-state index contributed by atoms with van der Waals surface area (Å²) in [5, 5.41) is 16.3. The second-order valence-electron chi connectivity index (χ2n) is 6.45. The first-order chi connectivity index (χ1) is 11.6. The highest BCUT2D eigenvalue weighted by molar-refractivity contribution is 5.73. The number of nitrogens with one attached hydrogen (secondary N) is 1. The van der Waals surface area contributed by atoms with Crippen molar-refractivity contribution in [1.82, 2.24) is 15.1 Å². The fraction of sp³-hybridized carbons (Fsp3) is 0.412. The standard InChI is InChI=1S/C17H20F3N3O2/c1-16(2,15(24)25)7-8-21-9-12-10-22-23(11-12)14-5-3-13(4-6-14)17(18,19)20/h3-6,10-11,21H,7-9H2,1-2H3,(H,24,25). The lowest BCUT2D eigenvalue weighted by Gasteiger charge is -2.18. The molecular weight excluding hydrogens is 335 g/mol. The molecule has 1 aromatic heterocycles. The van der Waals surface area contributed by atoms with Gasteiger partial charge in [-0.05, 0) is 51.1 Å². The van der Waals surface area contributed by atoms with Gasteiger partial charge in [0, 0.05) is 18.3 Å². The molecule has 0 saturated carbocycles. The summed E-state index contributed by atoms with van der Waals surface area (Å²) in [6, 6.07) is 4.76. The van der Waals surface area contributed by atoms with E-state index in [1.165, 1.54) is 16.8 Å². The minimum atomic E-state index is -4.36. The molecule has 25 heavy (non-hydrogen) atoms. The summed E-state index contributed by atoms with van der Waals surface area (Å²) in [6.07, 6.45) is -0.540. The maximum absolute atomic E-state index is 12.6. The third kappa shape index (κ3) is 5.06. The van der Waals surface area contributed by atoms with E-state index in [-0.39, 0.29) is 0 Å². The Kier molecular flexibility index (Phi) is 5.52. The molecule has 1 aromatic carbocycles. The quantitative estimate of drug-likeness (QED) is 0.746. The number of aromatic nitrogens is 2. The van der Waals surface area contributed by atoms with Gasteiger partial charge in [0.25, 0.3) is 0 Å². The zero-order chi connectivity index (χ0) is 18.7. The lowest BCUT2D eigenvalue weighted by molar-refractivity contribution is -0.147. The number of halogens is 3. The Morgan fingerprint density at radius 1 is 1.24 bits per heavy atom. The molecule has 0 aliphatic carbocycles. The van der Waals surface area contributed by atoms with E-state index in [0.717, 1.165) is 17.7 Å². The van der Waals surface area contributed by atoms with Gasteiger partial charge in [0.05, 0.1) is 22.9 Å². The Balaban J connectivity index is 1.91. The number of alkyl halides is 3. The van der Waals surface area contributed by atoms with Crippen LogP contribution in [0.2, 0.25) is 0 Å². The Morgan fingerprint density at radius 3 is 2.44 bits per heavy atom. The summed E-state index contributed by atoms with van der Waals surface area (Å²) in [6.45, 7) is 4.36. The van der Waals surface area contributed by atoms with Gasteiger partial charge < -0.3 is 10.4 Å². The molecule has 0 fully saturated rings. The molecule has 0 aliphatic rings. The molecule has 1 heterocycles. The van der Waals surface area contributed by atoms with Crippen molar-refractivity contribution in [3.63, 3.8) is 0 Å². The Hall–Kier alpha value is -2.35. The lowest BCUT2D eigenvalue weighted by atomic mass is 9.90. The number of hydrogen-bond acceptors (Lipinski definition) is 3. The number of carbonyl (C=O) groups is 1. The molecule has 0 unspecified atom stereocenters. The summed E-state index contributed by atoms with van der Waals surface area (Å²) < 4.78 is 39.2. The van der Waals surface area contributed by atoms with Crippen molar-refractivity contribution < 1.29 is 23.1 Å². The Bertz CT molecular complexity index is 721. The zero-order valence-corrected chi connectivity index (χ0v) is 14.0. The minimum absolute atomic E-state index is 0.482. The summed E-state index contributed by atoms with van der Waals surface area (Å²) in [4.78, 5) is 11.0. The van der Waals surface area contributed by atoms with Crippen molar-refractivity contribution in [2.45, 2.75) is 33.0 Å². The number of rotatable bonds is 7. The van der Waals surface area contributed by atoms with Crippen LogP contribution < -0.4 is 5.32 Å². The van der Waals surface area contributed by atoms with Crippen LogP contribution in [-0.2, 0) is 17.5 Å². The van der Waals surface area contributed by atoms with Crippen LogP contribution in [0.15, 0.2) is 36.7 Å². The van der Waals surface area contributed by atoms with Gasteiger partial charge in [-0.15, -0.1) is 0 Å². The first-order valence-electron chi connectivity index (χ1n) is 7.75. The molecule has 2 rings (SSSR count). The van der Waals surface area contributed by atoms with Gasteiger partial charge in [0.1, 0.15) is 0 Å². The van der Waals surface area contributed by atoms with Crippen LogP contribution in [0.5, 0.6) is 0 Å². The van der Waals surface area contributed by atoms with Gasteiger partial charge in [-0.2, -0.15) is 18.3 Å². The summed E-state index contributed by atoms with van der Waals surface area (Å²) >= 11 is 0. The smallest absolute Gasteiger partial charge is 0.416 e. The average molecular weight is 355 g/mol. The van der Waals surface area contributed by atoms with E-state index in [1.807, 2.05) is 0 Å². The molecular formula is C17H20F3N3O2. The molecule has 0 atom stereocenters. The van der Waals surface area contributed by atoms with Gasteiger partial charge in [0.2, 0.25) is 0 Å². The number of nitrogens with zero attached hydrogens (tertiary/aromatic N) is 2. The van der Waals surface area contributed by atoms with E-state index in [2.05, 4.69) is 10.4 Å². The zero-order valence-electron chi connectivity index (χ0n) is 14.0. The first-order valence-corrected chi connectivity index (χ1v) is 7.75. The average Bonchev–Trinajstić information content (AvgIpc) is 2.99. The second kappa shape index (κ2) is 7.26. The van der Waals surface area contributed by atoms with Gasteiger partial charge >= 0.3 is 12.1 Å². The molecule has 5 nitrogen and oxygen atoms in total. The van der Waals surface area contributed by atoms with Gasteiger partial charge in [0.15, 0.2) is 0 Å². The van der Waals surface area contributed by atoms with Crippen LogP contribution in [0.1, 0.15) is 31.4 Å². The first kappa shape index (κ1) is 19.0. The normalized spacial score (nSPS) is 12.4. The molecule has 0 bridgehead atoms. The largest absolute Gasteiger partial charge is 0.481 e. The highest BCUT2D eigenvalue weighted by Gasteiger charge is 2.30. The van der Waals surface area contributed by atoms with Crippen LogP contribution in [0.25, 0.3) is 5.69 Å². The SMILES string of the molecule is CC(C)(CCNCc1cnn(-c2ccc(C(F)(F)F)cc2)c1)C(=O)O. The number of hydrogen-bond donors (Lipinski definition) is 2. The highest BCUT2D eigenvalue weighted by atomic mass is 19.4. The monoisotopic (exact) mass is 355 g/mol. The second-order valence-corrected chi connectivity index (χ2v) is 6.45. The highest BCUT2D eigenvalue weighted by Crippen LogP contribution is 2.29. The summed E-state index contributed by atoms with van der Waals surface area (Å²) in [5.41, 5.74) is -0.108. The molecule has 2 aromatic rings. The fourth-order valence-electron chi connectivity index (χ4n) is 2.14. The van der Waals surface area contributed by atoms with Gasteiger partial charge in [-0.1, -0.05) is 0 Å². The topological polar surface area (TPSA) is 67.2 Å². The molecule has 0 saturated heterocycles. The van der Waals surface area contributed by atoms with Crippen molar-refractivity contribution in [2.75, 3.05) is 6.54 Å². The molecule has 0 spiro atoms. The third-order valence-corrected chi connectivity index (χ3v) is 3.93. The van der Waals surface area contributed by atoms with Crippen molar-refractivity contribution in [3.05, 3.63) is 47.8 Å². The van der Waals surface area contributed by atoms with Crippen molar-refractivity contribution in [2.24, 2.45) is 5.41 Å². The van der Waals surface area contributed by atoms with Crippen molar-refractivity contribution in [1.29, 1.82) is 0 Å². The number of aliphatic carboxylic acids is 1. The van der Waals surface area contributed by atoms with E-state index >= 15 is 0 Å². The maximum atomic E-state index is 12.6.